The van der Waals surface area contributed by atoms with Gasteiger partial charge in [0.25, 0.3) is 0 Å². The zero-order valence-electron chi connectivity index (χ0n) is 11.9. The van der Waals surface area contributed by atoms with Gasteiger partial charge in [0, 0.05) is 20.2 Å². The molecule has 0 unspecified atom stereocenters. The second kappa shape index (κ2) is 7.53. The molecule has 0 fully saturated rings. The second-order valence-corrected chi connectivity index (χ2v) is 5.09. The van der Waals surface area contributed by atoms with E-state index in [9.17, 15) is 0 Å². The summed E-state index contributed by atoms with van der Waals surface area (Å²) in [7, 11) is 1.70. The molecule has 0 saturated carbocycles. The Labute approximate surface area is 124 Å². The summed E-state index contributed by atoms with van der Waals surface area (Å²) in [6.45, 7) is 5.55. The van der Waals surface area contributed by atoms with Gasteiger partial charge in [-0.2, -0.15) is 0 Å². The lowest BCUT2D eigenvalue weighted by atomic mass is 10.1. The van der Waals surface area contributed by atoms with Crippen LogP contribution in [0.1, 0.15) is 12.5 Å². The van der Waals surface area contributed by atoms with Crippen LogP contribution in [0.4, 0.5) is 0 Å². The molecule has 4 nitrogen and oxygen atoms in total. The lowest BCUT2D eigenvalue weighted by Gasteiger charge is -2.19. The van der Waals surface area contributed by atoms with E-state index in [2.05, 4.69) is 18.3 Å². The van der Waals surface area contributed by atoms with Gasteiger partial charge < -0.3 is 19.5 Å². The van der Waals surface area contributed by atoms with Crippen molar-refractivity contribution in [3.63, 3.8) is 0 Å². The maximum absolute atomic E-state index is 6.21. The molecule has 0 atom stereocenters. The van der Waals surface area contributed by atoms with Crippen molar-refractivity contribution >= 4 is 17.7 Å². The van der Waals surface area contributed by atoms with E-state index in [-0.39, 0.29) is 0 Å². The molecular formula is C15H20ClNO3. The summed E-state index contributed by atoms with van der Waals surface area (Å²) in [5.41, 5.74) is 2.24. The van der Waals surface area contributed by atoms with Crippen LogP contribution in [0.3, 0.4) is 0 Å². The van der Waals surface area contributed by atoms with E-state index in [1.165, 1.54) is 5.57 Å². The number of hydrogen-bond donors (Lipinski definition) is 1. The first-order valence-corrected chi connectivity index (χ1v) is 7.04. The van der Waals surface area contributed by atoms with Gasteiger partial charge in [-0.3, -0.25) is 0 Å². The van der Waals surface area contributed by atoms with Gasteiger partial charge in [0.15, 0.2) is 11.5 Å². The normalized spacial score (nSPS) is 14.4. The molecule has 0 spiro atoms. The molecule has 0 bridgehead atoms. The Kier molecular flexibility index (Phi) is 5.71. The Hall–Kier alpha value is -1.23. The number of rotatable bonds is 6. The number of nitrogens with one attached hydrogen (secondary N) is 1. The van der Waals surface area contributed by atoms with E-state index in [0.29, 0.717) is 30.6 Å². The van der Waals surface area contributed by atoms with Crippen molar-refractivity contribution < 1.29 is 14.2 Å². The van der Waals surface area contributed by atoms with Crippen LogP contribution in [0.5, 0.6) is 11.5 Å². The zero-order chi connectivity index (χ0) is 14.4. The monoisotopic (exact) mass is 297 g/mol. The summed E-state index contributed by atoms with van der Waals surface area (Å²) >= 11 is 6.21. The lowest BCUT2D eigenvalue weighted by molar-refractivity contribution is 0.171. The van der Waals surface area contributed by atoms with Crippen molar-refractivity contribution in [1.82, 2.24) is 5.32 Å². The number of benzene rings is 1. The van der Waals surface area contributed by atoms with Gasteiger partial charge in [-0.05, 0) is 24.6 Å². The Morgan fingerprint density at radius 1 is 1.40 bits per heavy atom. The van der Waals surface area contributed by atoms with E-state index in [0.717, 1.165) is 24.4 Å². The molecule has 110 valence electrons. The minimum atomic E-state index is 0.546. The Morgan fingerprint density at radius 2 is 2.20 bits per heavy atom. The summed E-state index contributed by atoms with van der Waals surface area (Å²) in [6, 6.07) is 3.85. The minimum Gasteiger partial charge on any atom is -0.486 e. The Balaban J connectivity index is 2.03. The molecule has 1 N–H and O–H groups in total. The van der Waals surface area contributed by atoms with Crippen LogP contribution < -0.4 is 14.8 Å². The molecular weight excluding hydrogens is 278 g/mol. The third-order valence-corrected chi connectivity index (χ3v) is 3.20. The quantitative estimate of drug-likeness (QED) is 0.820. The van der Waals surface area contributed by atoms with Crippen LogP contribution in [-0.4, -0.2) is 40.0 Å². The van der Waals surface area contributed by atoms with Crippen LogP contribution in [0.25, 0.3) is 6.08 Å². The molecule has 0 saturated heterocycles. The molecule has 0 aliphatic carbocycles. The Morgan fingerprint density at radius 3 is 3.00 bits per heavy atom. The SMILES string of the molecule is COCCNCC(C)=Cc1cc(Cl)c2c(c1)OCCO2. The number of methoxy groups -OCH3 is 1. The lowest BCUT2D eigenvalue weighted by Crippen LogP contribution is -2.20. The van der Waals surface area contributed by atoms with Crippen LogP contribution in [-0.2, 0) is 4.74 Å². The molecule has 2 rings (SSSR count). The van der Waals surface area contributed by atoms with Crippen LogP contribution in [0.15, 0.2) is 17.7 Å². The van der Waals surface area contributed by atoms with E-state index in [1.54, 1.807) is 7.11 Å². The molecule has 20 heavy (non-hydrogen) atoms. The van der Waals surface area contributed by atoms with Crippen molar-refractivity contribution in [3.05, 3.63) is 28.3 Å². The summed E-state index contributed by atoms with van der Waals surface area (Å²) in [5, 5.41) is 3.89. The molecule has 0 amide bonds. The molecule has 0 aromatic heterocycles. The first kappa shape index (κ1) is 15.2. The number of hydrogen-bond acceptors (Lipinski definition) is 4. The highest BCUT2D eigenvalue weighted by molar-refractivity contribution is 6.32. The smallest absolute Gasteiger partial charge is 0.179 e. The van der Waals surface area contributed by atoms with Gasteiger partial charge in [0.2, 0.25) is 0 Å². The third-order valence-electron chi connectivity index (χ3n) is 2.92. The van der Waals surface area contributed by atoms with E-state index in [1.807, 2.05) is 12.1 Å². The van der Waals surface area contributed by atoms with Crippen molar-refractivity contribution in [2.45, 2.75) is 6.92 Å². The molecule has 5 heteroatoms. The molecule has 1 aliphatic heterocycles. The first-order chi connectivity index (χ1) is 9.70. The molecule has 1 aliphatic rings. The largest absolute Gasteiger partial charge is 0.486 e. The van der Waals surface area contributed by atoms with Gasteiger partial charge >= 0.3 is 0 Å². The highest BCUT2D eigenvalue weighted by atomic mass is 35.5. The fraction of sp³-hybridized carbons (Fsp3) is 0.467. The zero-order valence-corrected chi connectivity index (χ0v) is 12.6. The summed E-state index contributed by atoms with van der Waals surface area (Å²) in [5.74, 6) is 1.36. The average Bonchev–Trinajstić information content (AvgIpc) is 2.44. The van der Waals surface area contributed by atoms with Gasteiger partial charge in [0.1, 0.15) is 13.2 Å². The predicted molar refractivity (Wildman–Crippen MR) is 80.8 cm³/mol. The number of ether oxygens (including phenoxy) is 3. The third kappa shape index (κ3) is 4.13. The van der Waals surface area contributed by atoms with Crippen LogP contribution >= 0.6 is 11.6 Å². The van der Waals surface area contributed by atoms with E-state index < -0.39 is 0 Å². The van der Waals surface area contributed by atoms with Gasteiger partial charge in [-0.25, -0.2) is 0 Å². The first-order valence-electron chi connectivity index (χ1n) is 6.66. The fourth-order valence-electron chi connectivity index (χ4n) is 2.01. The highest BCUT2D eigenvalue weighted by Crippen LogP contribution is 2.38. The van der Waals surface area contributed by atoms with E-state index >= 15 is 0 Å². The highest BCUT2D eigenvalue weighted by Gasteiger charge is 2.15. The van der Waals surface area contributed by atoms with Crippen LogP contribution in [0.2, 0.25) is 5.02 Å². The topological polar surface area (TPSA) is 39.7 Å². The Bertz CT molecular complexity index is 488. The van der Waals surface area contributed by atoms with Gasteiger partial charge in [0.05, 0.1) is 11.6 Å². The van der Waals surface area contributed by atoms with Crippen molar-refractivity contribution in [3.8, 4) is 11.5 Å². The van der Waals surface area contributed by atoms with Crippen molar-refractivity contribution in [1.29, 1.82) is 0 Å². The fourth-order valence-corrected chi connectivity index (χ4v) is 2.28. The molecule has 1 aromatic carbocycles. The maximum atomic E-state index is 6.21. The summed E-state index contributed by atoms with van der Waals surface area (Å²) < 4.78 is 16.1. The van der Waals surface area contributed by atoms with Gasteiger partial charge in [-0.15, -0.1) is 0 Å². The molecule has 1 aromatic rings. The van der Waals surface area contributed by atoms with Gasteiger partial charge in [-0.1, -0.05) is 23.3 Å². The molecule has 0 radical (unpaired) electrons. The van der Waals surface area contributed by atoms with E-state index in [4.69, 9.17) is 25.8 Å². The molecule has 1 heterocycles. The average molecular weight is 298 g/mol. The maximum Gasteiger partial charge on any atom is 0.179 e. The number of fused-ring (bicyclic) bond motifs is 1. The second-order valence-electron chi connectivity index (χ2n) is 4.69. The minimum absolute atomic E-state index is 0.546. The van der Waals surface area contributed by atoms with Crippen molar-refractivity contribution in [2.24, 2.45) is 0 Å². The summed E-state index contributed by atoms with van der Waals surface area (Å²) in [6.07, 6.45) is 2.09. The summed E-state index contributed by atoms with van der Waals surface area (Å²) in [4.78, 5) is 0. The number of halogens is 1. The van der Waals surface area contributed by atoms with Crippen molar-refractivity contribution in [2.75, 3.05) is 40.0 Å². The standard InChI is InChI=1S/C15H20ClNO3/c1-11(10-17-3-4-18-2)7-12-8-13(16)15-14(9-12)19-5-6-20-15/h7-9,17H,3-6,10H2,1-2H3. The predicted octanol–water partition coefficient (Wildman–Crippen LogP) is 2.75. The van der Waals surface area contributed by atoms with Crippen LogP contribution in [0, 0.1) is 0 Å².